The van der Waals surface area contributed by atoms with Crippen molar-refractivity contribution in [3.05, 3.63) is 0 Å². The number of hydrogen-bond donors (Lipinski definition) is 1. The number of carbonyl (C=O) groups is 1. The maximum Gasteiger partial charge on any atom is 0.223 e. The lowest BCUT2D eigenvalue weighted by Gasteiger charge is -2.21. The molecule has 0 aliphatic heterocycles. The first-order chi connectivity index (χ1) is 7.20. The van der Waals surface area contributed by atoms with Gasteiger partial charge in [-0.3, -0.25) is 4.79 Å². The zero-order valence-electron chi connectivity index (χ0n) is 9.34. The first-order valence-electron chi connectivity index (χ1n) is 6.04. The van der Waals surface area contributed by atoms with E-state index in [0.29, 0.717) is 23.6 Å². The van der Waals surface area contributed by atoms with Crippen molar-refractivity contribution in [1.82, 2.24) is 5.32 Å². The Balaban J connectivity index is 1.77. The van der Waals surface area contributed by atoms with Gasteiger partial charge < -0.3 is 5.32 Å². The van der Waals surface area contributed by atoms with E-state index in [9.17, 15) is 4.79 Å². The molecule has 3 heteroatoms. The average molecular weight is 230 g/mol. The Morgan fingerprint density at radius 1 is 1.47 bits per heavy atom. The average Bonchev–Trinajstić information content (AvgIpc) is 2.86. The van der Waals surface area contributed by atoms with Crippen molar-refractivity contribution >= 4 is 17.5 Å². The molecule has 2 rings (SSSR count). The summed E-state index contributed by atoms with van der Waals surface area (Å²) in [5.41, 5.74) is 0. The second-order valence-electron chi connectivity index (χ2n) is 5.29. The van der Waals surface area contributed by atoms with Crippen LogP contribution in [-0.2, 0) is 4.79 Å². The summed E-state index contributed by atoms with van der Waals surface area (Å²) < 4.78 is 0. The molecule has 2 aliphatic rings. The molecule has 0 saturated heterocycles. The number of nitrogens with one attached hydrogen (secondary N) is 1. The second-order valence-corrected chi connectivity index (χ2v) is 5.59. The molecule has 2 nitrogen and oxygen atoms in total. The van der Waals surface area contributed by atoms with E-state index >= 15 is 0 Å². The maximum absolute atomic E-state index is 11.9. The Bertz CT molecular complexity index is 244. The summed E-state index contributed by atoms with van der Waals surface area (Å²) in [5.74, 6) is 3.12. The molecule has 0 heterocycles. The first-order valence-corrected chi connectivity index (χ1v) is 6.57. The van der Waals surface area contributed by atoms with Crippen molar-refractivity contribution in [2.45, 2.75) is 32.6 Å². The third-order valence-electron chi connectivity index (χ3n) is 3.96. The molecule has 86 valence electrons. The summed E-state index contributed by atoms with van der Waals surface area (Å²) in [6.45, 7) is 2.80. The summed E-state index contributed by atoms with van der Waals surface area (Å²) in [6, 6.07) is 0. The van der Waals surface area contributed by atoms with Crippen LogP contribution in [0.3, 0.4) is 0 Å². The van der Waals surface area contributed by atoms with Gasteiger partial charge in [-0.25, -0.2) is 0 Å². The van der Waals surface area contributed by atoms with Gasteiger partial charge in [0.1, 0.15) is 0 Å². The number of rotatable bonds is 4. The van der Waals surface area contributed by atoms with Crippen molar-refractivity contribution in [2.75, 3.05) is 12.4 Å². The molecular formula is C12H20ClNO. The molecule has 0 spiro atoms. The number of hydrogen-bond acceptors (Lipinski definition) is 1. The smallest absolute Gasteiger partial charge is 0.223 e. The molecule has 4 atom stereocenters. The molecule has 4 unspecified atom stereocenters. The number of amides is 1. The lowest BCUT2D eigenvalue weighted by atomic mass is 9.88. The normalized spacial score (nSPS) is 35.5. The van der Waals surface area contributed by atoms with Crippen LogP contribution < -0.4 is 5.32 Å². The van der Waals surface area contributed by atoms with E-state index in [1.165, 1.54) is 19.3 Å². The number of fused-ring (bicyclic) bond motifs is 2. The van der Waals surface area contributed by atoms with Crippen molar-refractivity contribution in [2.24, 2.45) is 23.7 Å². The molecule has 1 amide bonds. The van der Waals surface area contributed by atoms with Gasteiger partial charge >= 0.3 is 0 Å². The van der Waals surface area contributed by atoms with Gasteiger partial charge in [0.15, 0.2) is 0 Å². The molecule has 1 N–H and O–H groups in total. The van der Waals surface area contributed by atoms with E-state index < -0.39 is 0 Å². The molecule has 0 radical (unpaired) electrons. The lowest BCUT2D eigenvalue weighted by molar-refractivity contribution is -0.126. The van der Waals surface area contributed by atoms with E-state index in [2.05, 4.69) is 12.2 Å². The van der Waals surface area contributed by atoms with E-state index in [1.54, 1.807) is 0 Å². The molecule has 0 aromatic carbocycles. The molecule has 0 aromatic heterocycles. The molecular weight excluding hydrogens is 210 g/mol. The van der Waals surface area contributed by atoms with Gasteiger partial charge in [0, 0.05) is 18.3 Å². The minimum atomic E-state index is 0.277. The molecule has 0 aromatic rings. The monoisotopic (exact) mass is 229 g/mol. The number of carbonyl (C=O) groups excluding carboxylic acids is 1. The standard InChI is InChI=1S/C12H20ClNO/c1-8(6-13)7-14-12(15)11-5-9-2-3-10(11)4-9/h8-11H,2-7H2,1H3,(H,14,15). The quantitative estimate of drug-likeness (QED) is 0.738. The van der Waals surface area contributed by atoms with Crippen LogP contribution in [-0.4, -0.2) is 18.3 Å². The van der Waals surface area contributed by atoms with Gasteiger partial charge in [0.25, 0.3) is 0 Å². The van der Waals surface area contributed by atoms with Gasteiger partial charge in [-0.1, -0.05) is 13.3 Å². The summed E-state index contributed by atoms with van der Waals surface area (Å²) in [7, 11) is 0. The van der Waals surface area contributed by atoms with Gasteiger partial charge in [-0.05, 0) is 37.0 Å². The Morgan fingerprint density at radius 3 is 2.80 bits per heavy atom. The van der Waals surface area contributed by atoms with Crippen LogP contribution in [0.2, 0.25) is 0 Å². The summed E-state index contributed by atoms with van der Waals surface area (Å²) in [6.07, 6.45) is 5.05. The summed E-state index contributed by atoms with van der Waals surface area (Å²) in [4.78, 5) is 11.9. The number of alkyl halides is 1. The fourth-order valence-corrected chi connectivity index (χ4v) is 3.14. The van der Waals surface area contributed by atoms with E-state index in [1.807, 2.05) is 0 Å². The van der Waals surface area contributed by atoms with Gasteiger partial charge in [-0.2, -0.15) is 0 Å². The number of halogens is 1. The zero-order chi connectivity index (χ0) is 10.8. The Kier molecular flexibility index (Phi) is 3.55. The van der Waals surface area contributed by atoms with Crippen molar-refractivity contribution in [3.8, 4) is 0 Å². The predicted octanol–water partition coefficient (Wildman–Crippen LogP) is 2.41. The Labute approximate surface area is 96.8 Å². The SMILES string of the molecule is CC(CCl)CNC(=O)C1CC2CCC1C2. The predicted molar refractivity (Wildman–Crippen MR) is 61.8 cm³/mol. The van der Waals surface area contributed by atoms with E-state index in [0.717, 1.165) is 18.9 Å². The molecule has 2 fully saturated rings. The Morgan fingerprint density at radius 2 is 2.27 bits per heavy atom. The van der Waals surface area contributed by atoms with Crippen LogP contribution in [0.1, 0.15) is 32.6 Å². The zero-order valence-corrected chi connectivity index (χ0v) is 10.1. The molecule has 2 bridgehead atoms. The highest BCUT2D eigenvalue weighted by Gasteiger charge is 2.42. The second kappa shape index (κ2) is 4.73. The summed E-state index contributed by atoms with van der Waals surface area (Å²) in [5, 5.41) is 3.04. The molecule has 2 aliphatic carbocycles. The van der Waals surface area contributed by atoms with Gasteiger partial charge in [0.2, 0.25) is 5.91 Å². The van der Waals surface area contributed by atoms with Crippen LogP contribution in [0.25, 0.3) is 0 Å². The van der Waals surface area contributed by atoms with Crippen LogP contribution >= 0.6 is 11.6 Å². The molecule has 2 saturated carbocycles. The minimum Gasteiger partial charge on any atom is -0.356 e. The fraction of sp³-hybridized carbons (Fsp3) is 0.917. The third kappa shape index (κ3) is 2.47. The van der Waals surface area contributed by atoms with Crippen LogP contribution in [0.5, 0.6) is 0 Å². The van der Waals surface area contributed by atoms with E-state index in [-0.39, 0.29) is 5.91 Å². The van der Waals surface area contributed by atoms with Crippen LogP contribution in [0.15, 0.2) is 0 Å². The van der Waals surface area contributed by atoms with Gasteiger partial charge in [-0.15, -0.1) is 11.6 Å². The van der Waals surface area contributed by atoms with Crippen molar-refractivity contribution in [1.29, 1.82) is 0 Å². The van der Waals surface area contributed by atoms with Crippen molar-refractivity contribution < 1.29 is 4.79 Å². The first kappa shape index (κ1) is 11.3. The highest BCUT2D eigenvalue weighted by atomic mass is 35.5. The summed E-state index contributed by atoms with van der Waals surface area (Å²) >= 11 is 5.71. The van der Waals surface area contributed by atoms with E-state index in [4.69, 9.17) is 11.6 Å². The van der Waals surface area contributed by atoms with Gasteiger partial charge in [0.05, 0.1) is 0 Å². The minimum absolute atomic E-state index is 0.277. The lowest BCUT2D eigenvalue weighted by Crippen LogP contribution is -2.36. The van der Waals surface area contributed by atoms with Crippen molar-refractivity contribution in [3.63, 3.8) is 0 Å². The Hall–Kier alpha value is -0.240. The maximum atomic E-state index is 11.9. The topological polar surface area (TPSA) is 29.1 Å². The fourth-order valence-electron chi connectivity index (χ4n) is 3.03. The third-order valence-corrected chi connectivity index (χ3v) is 4.49. The largest absolute Gasteiger partial charge is 0.356 e. The highest BCUT2D eigenvalue weighted by molar-refractivity contribution is 6.18. The van der Waals surface area contributed by atoms with Crippen LogP contribution in [0, 0.1) is 23.7 Å². The van der Waals surface area contributed by atoms with Crippen LogP contribution in [0.4, 0.5) is 0 Å². The molecule has 15 heavy (non-hydrogen) atoms. The highest BCUT2D eigenvalue weighted by Crippen LogP contribution is 2.48.